The maximum Gasteiger partial charge on any atom is 0.309 e. The fourth-order valence-electron chi connectivity index (χ4n) is 2.67. The van der Waals surface area contributed by atoms with E-state index in [1.807, 2.05) is 48.5 Å². The van der Waals surface area contributed by atoms with Gasteiger partial charge in [-0.15, -0.1) is 0 Å². The zero-order chi connectivity index (χ0) is 16.1. The molecule has 4 nitrogen and oxygen atoms in total. The van der Waals surface area contributed by atoms with Crippen LogP contribution in [0.3, 0.4) is 0 Å². The molecule has 1 heterocycles. The van der Waals surface area contributed by atoms with Crippen LogP contribution in [0.15, 0.2) is 65.7 Å². The third-order valence-corrected chi connectivity index (χ3v) is 3.88. The summed E-state index contributed by atoms with van der Waals surface area (Å²) in [5.41, 5.74) is 2.10. The number of carbonyl (C=O) groups is 1. The third-order valence-electron chi connectivity index (χ3n) is 3.88. The molecule has 0 N–H and O–H groups in total. The molecule has 0 aliphatic carbocycles. The summed E-state index contributed by atoms with van der Waals surface area (Å²) in [4.78, 5) is 16.4. The third kappa shape index (κ3) is 3.77. The van der Waals surface area contributed by atoms with Gasteiger partial charge in [-0.05, 0) is 24.1 Å². The fourth-order valence-corrected chi connectivity index (χ4v) is 2.67. The molecule has 0 radical (unpaired) electrons. The van der Waals surface area contributed by atoms with Gasteiger partial charge in [-0.25, -0.2) is 4.99 Å². The van der Waals surface area contributed by atoms with Crippen LogP contribution < -0.4 is 0 Å². The van der Waals surface area contributed by atoms with E-state index in [1.165, 1.54) is 12.7 Å². The van der Waals surface area contributed by atoms with Crippen LogP contribution in [-0.4, -0.2) is 31.1 Å². The van der Waals surface area contributed by atoms with Gasteiger partial charge in [0.2, 0.25) is 5.90 Å². The number of ether oxygens (including phenoxy) is 2. The number of carbonyl (C=O) groups excluding carboxylic acids is 1. The smallest absolute Gasteiger partial charge is 0.309 e. The average molecular weight is 309 g/mol. The van der Waals surface area contributed by atoms with Crippen molar-refractivity contribution < 1.29 is 14.3 Å². The summed E-state index contributed by atoms with van der Waals surface area (Å²) in [6, 6.07) is 19.8. The van der Waals surface area contributed by atoms with Crippen LogP contribution in [0.1, 0.15) is 17.5 Å². The summed E-state index contributed by atoms with van der Waals surface area (Å²) in [5, 5.41) is 0. The lowest BCUT2D eigenvalue weighted by molar-refractivity contribution is -0.142. The number of nitrogens with zero attached hydrogens (tertiary/aromatic N) is 1. The minimum atomic E-state index is -0.294. The minimum Gasteiger partial charge on any atom is -0.471 e. The lowest BCUT2D eigenvalue weighted by Gasteiger charge is -2.16. The fraction of sp³-hybridized carbons (Fsp3) is 0.263. The first-order chi connectivity index (χ1) is 11.3. The Kier molecular flexibility index (Phi) is 4.71. The molecular formula is C19H19NO3. The van der Waals surface area contributed by atoms with E-state index >= 15 is 0 Å². The number of hydrogen-bond acceptors (Lipinski definition) is 4. The number of methoxy groups -OCH3 is 1. The molecule has 2 atom stereocenters. The zero-order valence-corrected chi connectivity index (χ0v) is 13.0. The maximum absolute atomic E-state index is 11.7. The second-order valence-electron chi connectivity index (χ2n) is 5.49. The summed E-state index contributed by atoms with van der Waals surface area (Å²) >= 11 is 0. The first-order valence-electron chi connectivity index (χ1n) is 7.67. The molecule has 0 spiro atoms. The van der Waals surface area contributed by atoms with Crippen molar-refractivity contribution in [1.29, 1.82) is 0 Å². The first-order valence-corrected chi connectivity index (χ1v) is 7.67. The van der Waals surface area contributed by atoms with Gasteiger partial charge in [0.1, 0.15) is 6.10 Å². The van der Waals surface area contributed by atoms with Crippen LogP contribution >= 0.6 is 0 Å². The molecule has 0 saturated carbocycles. The molecule has 1 aliphatic heterocycles. The number of benzene rings is 2. The molecule has 0 fully saturated rings. The first kappa shape index (κ1) is 15.3. The lowest BCUT2D eigenvalue weighted by Crippen LogP contribution is -2.28. The molecule has 0 aromatic heterocycles. The van der Waals surface area contributed by atoms with Gasteiger partial charge >= 0.3 is 5.97 Å². The number of aliphatic imine (C=N–C) groups is 1. The summed E-state index contributed by atoms with van der Waals surface area (Å²) in [6.45, 7) is 0. The highest BCUT2D eigenvalue weighted by Gasteiger charge is 2.33. The second kappa shape index (κ2) is 7.09. The van der Waals surface area contributed by atoms with Gasteiger partial charge in [-0.3, -0.25) is 4.79 Å². The molecule has 4 heteroatoms. The summed E-state index contributed by atoms with van der Waals surface area (Å²) in [7, 11) is 1.39. The number of rotatable bonds is 5. The van der Waals surface area contributed by atoms with Gasteiger partial charge in [0, 0.05) is 5.56 Å². The van der Waals surface area contributed by atoms with Crippen LogP contribution in [0.4, 0.5) is 0 Å². The van der Waals surface area contributed by atoms with Crippen molar-refractivity contribution >= 4 is 11.9 Å². The Bertz CT molecular complexity index is 682. The molecular weight excluding hydrogens is 290 g/mol. The van der Waals surface area contributed by atoms with E-state index in [1.54, 1.807) is 0 Å². The Morgan fingerprint density at radius 1 is 1.09 bits per heavy atom. The molecule has 2 aromatic carbocycles. The summed E-state index contributed by atoms with van der Waals surface area (Å²) in [5.74, 6) is 0.318. The Hall–Kier alpha value is -2.62. The molecule has 0 amide bonds. The maximum atomic E-state index is 11.7. The van der Waals surface area contributed by atoms with Gasteiger partial charge in [-0.2, -0.15) is 0 Å². The van der Waals surface area contributed by atoms with Gasteiger partial charge in [-0.1, -0.05) is 48.5 Å². The number of esters is 1. The highest BCUT2D eigenvalue weighted by Crippen LogP contribution is 2.24. The summed E-state index contributed by atoms with van der Waals surface area (Å²) in [6.07, 6.45) is 0.644. The van der Waals surface area contributed by atoms with Gasteiger partial charge in [0.05, 0.1) is 19.6 Å². The van der Waals surface area contributed by atoms with E-state index in [-0.39, 0.29) is 24.5 Å². The van der Waals surface area contributed by atoms with E-state index in [9.17, 15) is 4.79 Å². The van der Waals surface area contributed by atoms with Crippen molar-refractivity contribution in [1.82, 2.24) is 0 Å². The van der Waals surface area contributed by atoms with Gasteiger partial charge < -0.3 is 9.47 Å². The van der Waals surface area contributed by atoms with Crippen molar-refractivity contribution in [2.45, 2.75) is 25.0 Å². The van der Waals surface area contributed by atoms with Crippen molar-refractivity contribution in [3.8, 4) is 0 Å². The van der Waals surface area contributed by atoms with E-state index in [0.29, 0.717) is 5.90 Å². The Morgan fingerprint density at radius 2 is 1.74 bits per heavy atom. The molecule has 3 rings (SSSR count). The van der Waals surface area contributed by atoms with Gasteiger partial charge in [0.15, 0.2) is 0 Å². The van der Waals surface area contributed by atoms with Crippen LogP contribution in [0.5, 0.6) is 0 Å². The molecule has 118 valence electrons. The topological polar surface area (TPSA) is 47.9 Å². The van der Waals surface area contributed by atoms with Crippen LogP contribution in [0, 0.1) is 0 Å². The quantitative estimate of drug-likeness (QED) is 0.798. The molecule has 23 heavy (non-hydrogen) atoms. The Balaban J connectivity index is 1.81. The molecule has 2 aromatic rings. The van der Waals surface area contributed by atoms with Crippen molar-refractivity contribution in [3.63, 3.8) is 0 Å². The van der Waals surface area contributed by atoms with Crippen LogP contribution in [0.2, 0.25) is 0 Å². The van der Waals surface area contributed by atoms with Crippen molar-refractivity contribution in [2.24, 2.45) is 4.99 Å². The van der Waals surface area contributed by atoms with E-state index in [0.717, 1.165) is 12.0 Å². The average Bonchev–Trinajstić information content (AvgIpc) is 2.99. The van der Waals surface area contributed by atoms with Crippen LogP contribution in [0.25, 0.3) is 0 Å². The van der Waals surface area contributed by atoms with E-state index in [4.69, 9.17) is 14.5 Å². The highest BCUT2D eigenvalue weighted by atomic mass is 16.5. The van der Waals surface area contributed by atoms with Crippen molar-refractivity contribution in [3.05, 3.63) is 71.8 Å². The van der Waals surface area contributed by atoms with Crippen LogP contribution in [-0.2, 0) is 20.7 Å². The summed E-state index contributed by atoms with van der Waals surface area (Å²) < 4.78 is 10.7. The van der Waals surface area contributed by atoms with E-state index < -0.39 is 0 Å². The van der Waals surface area contributed by atoms with E-state index in [2.05, 4.69) is 12.1 Å². The van der Waals surface area contributed by atoms with Crippen molar-refractivity contribution in [2.75, 3.05) is 7.11 Å². The monoisotopic (exact) mass is 309 g/mol. The standard InChI is InChI=1S/C19H19NO3/c1-22-18(21)13-17-16(12-14-8-4-2-5-9-14)20-19(23-17)15-10-6-3-7-11-15/h2-11,16-17H,12-13H2,1H3/t16-,17-/m0/s1. The largest absolute Gasteiger partial charge is 0.471 e. The normalized spacial score (nSPS) is 19.8. The molecule has 0 unspecified atom stereocenters. The predicted octanol–water partition coefficient (Wildman–Crippen LogP) is 3.01. The SMILES string of the molecule is COC(=O)C[C@@H]1OC(c2ccccc2)=N[C@H]1Cc1ccccc1. The molecule has 1 aliphatic rings. The Morgan fingerprint density at radius 3 is 2.39 bits per heavy atom. The molecule has 0 saturated heterocycles. The lowest BCUT2D eigenvalue weighted by atomic mass is 10.0. The Labute approximate surface area is 135 Å². The second-order valence-corrected chi connectivity index (χ2v) is 5.49. The van der Waals surface area contributed by atoms with Gasteiger partial charge in [0.25, 0.3) is 0 Å². The number of hydrogen-bond donors (Lipinski definition) is 0. The molecule has 0 bridgehead atoms. The highest BCUT2D eigenvalue weighted by molar-refractivity contribution is 5.95. The zero-order valence-electron chi connectivity index (χ0n) is 13.0. The predicted molar refractivity (Wildman–Crippen MR) is 88.4 cm³/mol. The minimum absolute atomic E-state index is 0.0910.